The van der Waals surface area contributed by atoms with Crippen LogP contribution in [-0.4, -0.2) is 49.1 Å². The fraction of sp³-hybridized carbons (Fsp3) is 0.400. The van der Waals surface area contributed by atoms with Crippen molar-refractivity contribution in [3.63, 3.8) is 0 Å². The van der Waals surface area contributed by atoms with Crippen LogP contribution < -0.4 is 0 Å². The van der Waals surface area contributed by atoms with Gasteiger partial charge in [-0.25, -0.2) is 17.8 Å². The van der Waals surface area contributed by atoms with Gasteiger partial charge in [-0.2, -0.15) is 0 Å². The first kappa shape index (κ1) is 22.8. The Morgan fingerprint density at radius 1 is 1.22 bits per heavy atom. The third-order valence-corrected chi connectivity index (χ3v) is 3.63. The maximum atomic E-state index is 12.1. The van der Waals surface area contributed by atoms with Crippen molar-refractivity contribution < 1.29 is 27.1 Å². The number of hydrogen-bond donors (Lipinski definition) is 0. The monoisotopic (exact) mass is 393 g/mol. The molecule has 1 aromatic carbocycles. The topological polar surface area (TPSA) is 86.5 Å². The molecule has 0 saturated heterocycles. The number of allylic oxidation sites excluding steroid dienone is 2. The normalized spacial score (nSPS) is 18.3. The first-order valence-corrected chi connectivity index (χ1v) is 10.7. The zero-order valence-corrected chi connectivity index (χ0v) is 16.9. The molecule has 0 unspecified atom stereocenters. The molecular weight excluding hydrogens is 366 g/mol. The van der Waals surface area contributed by atoms with Gasteiger partial charge in [0.2, 0.25) is 0 Å². The van der Waals surface area contributed by atoms with Gasteiger partial charge in [0.15, 0.2) is 12.8 Å². The molecule has 1 heterocycles. The highest BCUT2D eigenvalue weighted by molar-refractivity contribution is 7.84. The van der Waals surface area contributed by atoms with Crippen LogP contribution in [0.2, 0.25) is 0 Å². The fourth-order valence-corrected chi connectivity index (χ4v) is 2.49. The first-order chi connectivity index (χ1) is 12.7. The van der Waals surface area contributed by atoms with Crippen LogP contribution in [0.25, 0.3) is 0 Å². The third kappa shape index (κ3) is 10.5. The van der Waals surface area contributed by atoms with Crippen LogP contribution in [0.3, 0.4) is 0 Å². The number of ether oxygens (including phenoxy) is 1. The molecule has 7 heteroatoms. The SMILES string of the molecule is CCOC(=O)/C1=C/C(CC)=C\CC[N+](Cc2ccccc2)=C1.CS(=O)(=O)[O-]. The Kier molecular flexibility index (Phi) is 9.67. The standard InChI is InChI=1S/C19H24NO2.CH4O3S/c1-3-16-11-8-12-20(14-17-9-6-5-7-10-17)15-18(13-16)19(21)22-4-2;1-5(2,3)4/h5-7,9-11,13,15H,3-4,8,12,14H2,1-2H3;1H3,(H,2,3,4)/q+1;/p-1/b16-11-,18-13+,20-15?;. The second-order valence-corrected chi connectivity index (χ2v) is 7.44. The zero-order chi connectivity index (χ0) is 20.3. The molecule has 0 spiro atoms. The molecule has 0 N–H and O–H groups in total. The van der Waals surface area contributed by atoms with Crippen molar-refractivity contribution >= 4 is 22.3 Å². The van der Waals surface area contributed by atoms with Crippen molar-refractivity contribution in [3.05, 3.63) is 59.2 Å². The number of carbonyl (C=O) groups excluding carboxylic acids is 1. The molecule has 0 saturated carbocycles. The Labute approximate surface area is 161 Å². The van der Waals surface area contributed by atoms with E-state index in [1.165, 1.54) is 11.1 Å². The lowest BCUT2D eigenvalue weighted by molar-refractivity contribution is -0.538. The summed E-state index contributed by atoms with van der Waals surface area (Å²) in [5.74, 6) is -0.248. The predicted molar refractivity (Wildman–Crippen MR) is 105 cm³/mol. The van der Waals surface area contributed by atoms with Gasteiger partial charge < -0.3 is 9.29 Å². The van der Waals surface area contributed by atoms with E-state index in [0.717, 1.165) is 25.9 Å². The van der Waals surface area contributed by atoms with Gasteiger partial charge in [-0.15, -0.1) is 0 Å². The predicted octanol–water partition coefficient (Wildman–Crippen LogP) is 2.66. The van der Waals surface area contributed by atoms with Crippen molar-refractivity contribution in [2.75, 3.05) is 19.4 Å². The van der Waals surface area contributed by atoms with Gasteiger partial charge in [-0.05, 0) is 19.4 Å². The summed E-state index contributed by atoms with van der Waals surface area (Å²) in [4.78, 5) is 12.1. The van der Waals surface area contributed by atoms with E-state index in [1.54, 1.807) is 0 Å². The van der Waals surface area contributed by atoms with Gasteiger partial charge in [0, 0.05) is 18.2 Å². The van der Waals surface area contributed by atoms with E-state index in [-0.39, 0.29) is 5.97 Å². The van der Waals surface area contributed by atoms with Crippen LogP contribution in [-0.2, 0) is 26.2 Å². The second kappa shape index (κ2) is 11.5. The lowest BCUT2D eigenvalue weighted by atomic mass is 10.1. The Balaban J connectivity index is 0.000000646. The van der Waals surface area contributed by atoms with Crippen molar-refractivity contribution in [1.29, 1.82) is 0 Å². The lowest BCUT2D eigenvalue weighted by Crippen LogP contribution is -2.20. The molecule has 1 aromatic rings. The maximum absolute atomic E-state index is 12.1. The van der Waals surface area contributed by atoms with E-state index in [0.29, 0.717) is 18.4 Å². The summed E-state index contributed by atoms with van der Waals surface area (Å²) in [6.45, 7) is 6.03. The van der Waals surface area contributed by atoms with Crippen molar-refractivity contribution in [2.45, 2.75) is 33.2 Å². The van der Waals surface area contributed by atoms with Crippen molar-refractivity contribution in [1.82, 2.24) is 0 Å². The number of esters is 1. The molecule has 6 nitrogen and oxygen atoms in total. The van der Waals surface area contributed by atoms with E-state index in [2.05, 4.69) is 29.7 Å². The van der Waals surface area contributed by atoms with Gasteiger partial charge in [0.25, 0.3) is 0 Å². The number of nitrogens with zero attached hydrogens (tertiary/aromatic N) is 1. The summed E-state index contributed by atoms with van der Waals surface area (Å²) in [7, 11) is -3.92. The molecule has 0 atom stereocenters. The number of rotatable bonds is 5. The molecule has 1 aliphatic rings. The summed E-state index contributed by atoms with van der Waals surface area (Å²) in [5.41, 5.74) is 3.06. The largest absolute Gasteiger partial charge is 0.748 e. The molecule has 0 aliphatic carbocycles. The van der Waals surface area contributed by atoms with E-state index in [4.69, 9.17) is 17.7 Å². The third-order valence-electron chi connectivity index (χ3n) is 3.63. The van der Waals surface area contributed by atoms with Crippen molar-refractivity contribution in [3.8, 4) is 0 Å². The molecule has 0 bridgehead atoms. The summed E-state index contributed by atoms with van der Waals surface area (Å²) >= 11 is 0. The van der Waals surface area contributed by atoms with E-state index < -0.39 is 10.1 Å². The summed E-state index contributed by atoms with van der Waals surface area (Å²) < 4.78 is 34.6. The fourth-order valence-electron chi connectivity index (χ4n) is 2.49. The Morgan fingerprint density at radius 2 is 1.85 bits per heavy atom. The Morgan fingerprint density at radius 3 is 2.41 bits per heavy atom. The second-order valence-electron chi connectivity index (χ2n) is 6.03. The van der Waals surface area contributed by atoms with Gasteiger partial charge in [0.1, 0.15) is 12.1 Å². The summed E-state index contributed by atoms with van der Waals surface area (Å²) in [5, 5.41) is 0. The smallest absolute Gasteiger partial charge is 0.344 e. The molecule has 148 valence electrons. The Bertz CT molecular complexity index is 800. The van der Waals surface area contributed by atoms with Gasteiger partial charge in [-0.3, -0.25) is 0 Å². The van der Waals surface area contributed by atoms with E-state index >= 15 is 0 Å². The van der Waals surface area contributed by atoms with Gasteiger partial charge in [-0.1, -0.05) is 48.9 Å². The van der Waals surface area contributed by atoms with E-state index in [1.807, 2.05) is 37.4 Å². The quantitative estimate of drug-likeness (QED) is 0.436. The number of benzene rings is 1. The van der Waals surface area contributed by atoms with Crippen LogP contribution in [0.4, 0.5) is 0 Å². The van der Waals surface area contributed by atoms with Gasteiger partial charge >= 0.3 is 5.97 Å². The molecule has 27 heavy (non-hydrogen) atoms. The molecule has 0 aromatic heterocycles. The summed E-state index contributed by atoms with van der Waals surface area (Å²) in [6.07, 6.45) is 8.62. The highest BCUT2D eigenvalue weighted by Crippen LogP contribution is 2.12. The maximum Gasteiger partial charge on any atom is 0.344 e. The average Bonchev–Trinajstić information content (AvgIpc) is 2.56. The van der Waals surface area contributed by atoms with Crippen LogP contribution in [0.15, 0.2) is 53.6 Å². The molecule has 2 rings (SSSR count). The Hall–Kier alpha value is -2.25. The minimum absolute atomic E-state index is 0.248. The van der Waals surface area contributed by atoms with Crippen LogP contribution in [0.1, 0.15) is 32.3 Å². The minimum Gasteiger partial charge on any atom is -0.748 e. The van der Waals surface area contributed by atoms with Crippen LogP contribution >= 0.6 is 0 Å². The zero-order valence-electron chi connectivity index (χ0n) is 16.1. The highest BCUT2D eigenvalue weighted by Gasteiger charge is 2.17. The molecule has 0 fully saturated rings. The molecule has 1 aliphatic heterocycles. The number of carbonyl (C=O) groups is 1. The highest BCUT2D eigenvalue weighted by atomic mass is 32.2. The van der Waals surface area contributed by atoms with E-state index in [9.17, 15) is 4.79 Å². The summed E-state index contributed by atoms with van der Waals surface area (Å²) in [6, 6.07) is 10.3. The van der Waals surface area contributed by atoms with Gasteiger partial charge in [0.05, 0.1) is 16.7 Å². The first-order valence-electron chi connectivity index (χ1n) is 8.84. The van der Waals surface area contributed by atoms with Crippen molar-refractivity contribution in [2.24, 2.45) is 0 Å². The molecule has 0 amide bonds. The van der Waals surface area contributed by atoms with Crippen LogP contribution in [0, 0.1) is 0 Å². The lowest BCUT2D eigenvalue weighted by Gasteiger charge is -2.09. The van der Waals surface area contributed by atoms with Crippen LogP contribution in [0.5, 0.6) is 0 Å². The average molecular weight is 394 g/mol. The molecular formula is C20H27NO5S. The molecule has 0 radical (unpaired) electrons. The minimum atomic E-state index is -3.92. The number of hydrogen-bond acceptors (Lipinski definition) is 5.